The minimum Gasteiger partial charge on any atom is -0.493 e. The lowest BCUT2D eigenvalue weighted by Crippen LogP contribution is -2.03. The highest BCUT2D eigenvalue weighted by Crippen LogP contribution is 2.31. The Morgan fingerprint density at radius 3 is 2.43 bits per heavy atom. The fourth-order valence-corrected chi connectivity index (χ4v) is 1.93. The molecule has 0 atom stereocenters. The lowest BCUT2D eigenvalue weighted by atomic mass is 10.1. The third-order valence-electron chi connectivity index (χ3n) is 3.13. The van der Waals surface area contributed by atoms with Crippen molar-refractivity contribution >= 4 is 5.69 Å². The molecule has 0 radical (unpaired) electrons. The van der Waals surface area contributed by atoms with Crippen molar-refractivity contribution in [3.63, 3.8) is 0 Å². The van der Waals surface area contributed by atoms with Gasteiger partial charge in [0.05, 0.1) is 24.7 Å². The normalized spacial score (nSPS) is 10.2. The number of nitro benzene ring substituents is 1. The number of aryl methyl sites for hydroxylation is 1. The summed E-state index contributed by atoms with van der Waals surface area (Å²) in [4.78, 5) is 10.3. The van der Waals surface area contributed by atoms with Gasteiger partial charge in [0.2, 0.25) is 0 Å². The molecule has 0 aliphatic rings. The molecule has 2 aromatic rings. The van der Waals surface area contributed by atoms with Crippen molar-refractivity contribution in [1.82, 2.24) is 0 Å². The van der Waals surface area contributed by atoms with Crippen LogP contribution in [0.3, 0.4) is 0 Å². The molecule has 0 aliphatic heterocycles. The molecule has 0 fully saturated rings. The molecule has 0 spiro atoms. The second-order valence-corrected chi connectivity index (χ2v) is 4.68. The van der Waals surface area contributed by atoms with Crippen LogP contribution in [0.2, 0.25) is 0 Å². The van der Waals surface area contributed by atoms with Crippen LogP contribution in [0, 0.1) is 17.0 Å². The van der Waals surface area contributed by atoms with Gasteiger partial charge in [0, 0.05) is 12.5 Å². The van der Waals surface area contributed by atoms with Crippen LogP contribution in [-0.2, 0) is 6.42 Å². The third-order valence-corrected chi connectivity index (χ3v) is 3.13. The number of ether oxygens (including phenoxy) is 2. The van der Waals surface area contributed by atoms with Gasteiger partial charge in [0.15, 0.2) is 11.5 Å². The van der Waals surface area contributed by atoms with E-state index in [0.29, 0.717) is 18.1 Å². The first-order valence-corrected chi connectivity index (χ1v) is 6.61. The molecule has 0 unspecified atom stereocenters. The summed E-state index contributed by atoms with van der Waals surface area (Å²) in [5.74, 6) is 0.878. The second kappa shape index (κ2) is 6.74. The summed E-state index contributed by atoms with van der Waals surface area (Å²) in [6.07, 6.45) is 0.728. The maximum absolute atomic E-state index is 10.8. The van der Waals surface area contributed by atoms with Gasteiger partial charge in [-0.15, -0.1) is 0 Å². The zero-order valence-corrected chi connectivity index (χ0v) is 12.0. The molecule has 0 amide bonds. The van der Waals surface area contributed by atoms with Crippen LogP contribution in [0.1, 0.15) is 11.1 Å². The van der Waals surface area contributed by atoms with Gasteiger partial charge in [-0.25, -0.2) is 0 Å². The Bertz CT molecular complexity index is 623. The van der Waals surface area contributed by atoms with E-state index in [2.05, 4.69) is 0 Å². The van der Waals surface area contributed by atoms with Crippen molar-refractivity contribution in [1.29, 1.82) is 0 Å². The van der Waals surface area contributed by atoms with Crippen LogP contribution >= 0.6 is 0 Å². The summed E-state index contributed by atoms with van der Waals surface area (Å²) in [5.41, 5.74) is 2.35. The molecular weight excluding hydrogens is 270 g/mol. The standard InChI is InChI=1S/C16H17NO4/c1-12-3-5-13(6-4-12)9-10-21-16-11-14(17(18)19)7-8-15(16)20-2/h3-8,11H,9-10H2,1-2H3. The van der Waals surface area contributed by atoms with Crippen LogP contribution < -0.4 is 9.47 Å². The molecule has 2 rings (SSSR count). The van der Waals surface area contributed by atoms with E-state index in [1.165, 1.54) is 24.8 Å². The molecule has 0 aromatic heterocycles. The van der Waals surface area contributed by atoms with E-state index in [4.69, 9.17) is 9.47 Å². The Balaban J connectivity index is 2.03. The van der Waals surface area contributed by atoms with Crippen molar-refractivity contribution in [3.8, 4) is 11.5 Å². The van der Waals surface area contributed by atoms with E-state index >= 15 is 0 Å². The van der Waals surface area contributed by atoms with Crippen molar-refractivity contribution < 1.29 is 14.4 Å². The second-order valence-electron chi connectivity index (χ2n) is 4.68. The van der Waals surface area contributed by atoms with E-state index in [-0.39, 0.29) is 5.69 Å². The van der Waals surface area contributed by atoms with Gasteiger partial charge in [-0.2, -0.15) is 0 Å². The Kier molecular flexibility index (Phi) is 4.77. The molecule has 0 aliphatic carbocycles. The number of non-ortho nitro benzene ring substituents is 1. The lowest BCUT2D eigenvalue weighted by Gasteiger charge is -2.10. The molecule has 21 heavy (non-hydrogen) atoms. The average molecular weight is 287 g/mol. The van der Waals surface area contributed by atoms with E-state index in [9.17, 15) is 10.1 Å². The number of nitrogens with zero attached hydrogens (tertiary/aromatic N) is 1. The molecular formula is C16H17NO4. The highest BCUT2D eigenvalue weighted by atomic mass is 16.6. The SMILES string of the molecule is COc1ccc([N+](=O)[O-])cc1OCCc1ccc(C)cc1. The predicted molar refractivity (Wildman–Crippen MR) is 80.0 cm³/mol. The summed E-state index contributed by atoms with van der Waals surface area (Å²) < 4.78 is 10.8. The summed E-state index contributed by atoms with van der Waals surface area (Å²) in [6.45, 7) is 2.47. The minimum absolute atomic E-state index is 0.0128. The quantitative estimate of drug-likeness (QED) is 0.602. The predicted octanol–water partition coefficient (Wildman–Crippen LogP) is 3.53. The van der Waals surface area contributed by atoms with Crippen molar-refractivity contribution in [2.45, 2.75) is 13.3 Å². The van der Waals surface area contributed by atoms with Gasteiger partial charge in [-0.3, -0.25) is 10.1 Å². The Morgan fingerprint density at radius 1 is 1.10 bits per heavy atom. The number of rotatable bonds is 6. The maximum atomic E-state index is 10.8. The topological polar surface area (TPSA) is 61.6 Å². The summed E-state index contributed by atoms with van der Waals surface area (Å²) >= 11 is 0. The monoisotopic (exact) mass is 287 g/mol. The van der Waals surface area contributed by atoms with Crippen LogP contribution in [-0.4, -0.2) is 18.6 Å². The Hall–Kier alpha value is -2.56. The Labute approximate surface area is 123 Å². The van der Waals surface area contributed by atoms with Crippen LogP contribution in [0.4, 0.5) is 5.69 Å². The first kappa shape index (κ1) is 14.8. The van der Waals surface area contributed by atoms with E-state index in [1.54, 1.807) is 6.07 Å². The first-order chi connectivity index (χ1) is 10.1. The molecule has 5 heteroatoms. The summed E-state index contributed by atoms with van der Waals surface area (Å²) in [6, 6.07) is 12.5. The molecule has 0 heterocycles. The van der Waals surface area contributed by atoms with Gasteiger partial charge >= 0.3 is 0 Å². The lowest BCUT2D eigenvalue weighted by molar-refractivity contribution is -0.385. The smallest absolute Gasteiger partial charge is 0.273 e. The maximum Gasteiger partial charge on any atom is 0.273 e. The molecule has 110 valence electrons. The van der Waals surface area contributed by atoms with Crippen molar-refractivity contribution in [2.24, 2.45) is 0 Å². The van der Waals surface area contributed by atoms with Gasteiger partial charge in [-0.05, 0) is 18.6 Å². The molecule has 0 saturated carbocycles. The van der Waals surface area contributed by atoms with E-state index < -0.39 is 4.92 Å². The molecule has 0 N–H and O–H groups in total. The third kappa shape index (κ3) is 3.95. The van der Waals surface area contributed by atoms with Gasteiger partial charge < -0.3 is 9.47 Å². The van der Waals surface area contributed by atoms with Crippen LogP contribution in [0.25, 0.3) is 0 Å². The molecule has 0 bridgehead atoms. The average Bonchev–Trinajstić information content (AvgIpc) is 2.49. The van der Waals surface area contributed by atoms with Gasteiger partial charge in [0.1, 0.15) is 0 Å². The highest BCUT2D eigenvalue weighted by molar-refractivity contribution is 5.48. The Morgan fingerprint density at radius 2 is 1.81 bits per heavy atom. The summed E-state index contributed by atoms with van der Waals surface area (Å²) in [5, 5.41) is 10.8. The zero-order valence-electron chi connectivity index (χ0n) is 12.0. The van der Waals surface area contributed by atoms with Crippen LogP contribution in [0.15, 0.2) is 42.5 Å². The van der Waals surface area contributed by atoms with Crippen molar-refractivity contribution in [3.05, 3.63) is 63.7 Å². The van der Waals surface area contributed by atoms with Crippen molar-refractivity contribution in [2.75, 3.05) is 13.7 Å². The van der Waals surface area contributed by atoms with Crippen LogP contribution in [0.5, 0.6) is 11.5 Å². The number of nitro groups is 1. The van der Waals surface area contributed by atoms with Gasteiger partial charge in [-0.1, -0.05) is 29.8 Å². The highest BCUT2D eigenvalue weighted by Gasteiger charge is 2.12. The molecule has 5 nitrogen and oxygen atoms in total. The zero-order chi connectivity index (χ0) is 15.2. The fourth-order valence-electron chi connectivity index (χ4n) is 1.93. The molecule has 2 aromatic carbocycles. The van der Waals surface area contributed by atoms with E-state index in [1.807, 2.05) is 31.2 Å². The number of methoxy groups -OCH3 is 1. The largest absolute Gasteiger partial charge is 0.493 e. The number of hydrogen-bond donors (Lipinski definition) is 0. The number of hydrogen-bond acceptors (Lipinski definition) is 4. The fraction of sp³-hybridized carbons (Fsp3) is 0.250. The summed E-state index contributed by atoms with van der Waals surface area (Å²) in [7, 11) is 1.51. The number of benzene rings is 2. The molecule has 0 saturated heterocycles. The van der Waals surface area contributed by atoms with E-state index in [0.717, 1.165) is 12.0 Å². The first-order valence-electron chi connectivity index (χ1n) is 6.61. The minimum atomic E-state index is -0.452. The van der Waals surface area contributed by atoms with Gasteiger partial charge in [0.25, 0.3) is 5.69 Å².